The van der Waals surface area contributed by atoms with Crippen LogP contribution in [-0.4, -0.2) is 12.2 Å². The largest absolute Gasteiger partial charge is 0.350 e. The van der Waals surface area contributed by atoms with Crippen LogP contribution in [0.3, 0.4) is 0 Å². The Labute approximate surface area is 139 Å². The quantitative estimate of drug-likeness (QED) is 0.662. The van der Waals surface area contributed by atoms with Gasteiger partial charge in [0.1, 0.15) is 12.2 Å². The van der Waals surface area contributed by atoms with Gasteiger partial charge in [-0.05, 0) is 36.8 Å². The van der Waals surface area contributed by atoms with E-state index < -0.39 is 0 Å². The van der Waals surface area contributed by atoms with E-state index in [0.717, 1.165) is 25.7 Å². The molecule has 2 aromatic rings. The van der Waals surface area contributed by atoms with Gasteiger partial charge in [-0.2, -0.15) is 0 Å². The van der Waals surface area contributed by atoms with Crippen molar-refractivity contribution >= 4 is 0 Å². The zero-order valence-electron chi connectivity index (χ0n) is 13.3. The Kier molecular flexibility index (Phi) is 6.99. The van der Waals surface area contributed by atoms with Gasteiger partial charge in [0, 0.05) is 0 Å². The molecule has 0 bridgehead atoms. The number of terminal acetylenes is 2. The lowest BCUT2D eigenvalue weighted by molar-refractivity contribution is 0.0437. The molecule has 2 unspecified atom stereocenters. The summed E-state index contributed by atoms with van der Waals surface area (Å²) in [6, 6.07) is 20.5. The van der Waals surface area contributed by atoms with Crippen LogP contribution >= 0.6 is 0 Å². The average molecular weight is 302 g/mol. The van der Waals surface area contributed by atoms with Gasteiger partial charge in [-0.25, -0.2) is 0 Å². The monoisotopic (exact) mass is 302 g/mol. The number of ether oxygens (including phenoxy) is 1. The van der Waals surface area contributed by atoms with E-state index in [1.165, 1.54) is 11.1 Å². The van der Waals surface area contributed by atoms with Crippen molar-refractivity contribution in [3.63, 3.8) is 0 Å². The highest BCUT2D eigenvalue weighted by Crippen LogP contribution is 2.12. The highest BCUT2D eigenvalue weighted by Gasteiger charge is 2.13. The van der Waals surface area contributed by atoms with Crippen LogP contribution in [0.2, 0.25) is 0 Å². The summed E-state index contributed by atoms with van der Waals surface area (Å²) in [5.74, 6) is 5.44. The Morgan fingerprint density at radius 3 is 1.43 bits per heavy atom. The Hall–Kier alpha value is -2.48. The fourth-order valence-electron chi connectivity index (χ4n) is 2.46. The molecule has 1 heteroatoms. The molecule has 116 valence electrons. The molecule has 2 atom stereocenters. The molecule has 0 spiro atoms. The molecular weight excluding hydrogens is 280 g/mol. The lowest BCUT2D eigenvalue weighted by atomic mass is 10.1. The van der Waals surface area contributed by atoms with Crippen LogP contribution in [0.15, 0.2) is 60.7 Å². The maximum atomic E-state index is 5.92. The number of rotatable bonds is 8. The van der Waals surface area contributed by atoms with Crippen molar-refractivity contribution in [1.82, 2.24) is 0 Å². The van der Waals surface area contributed by atoms with Gasteiger partial charge in [-0.15, -0.1) is 12.8 Å². The maximum absolute atomic E-state index is 5.92. The van der Waals surface area contributed by atoms with Crippen LogP contribution in [0.4, 0.5) is 0 Å². The second-order valence-electron chi connectivity index (χ2n) is 5.50. The molecule has 0 aromatic heterocycles. The zero-order chi connectivity index (χ0) is 16.3. The molecule has 2 rings (SSSR count). The van der Waals surface area contributed by atoms with Gasteiger partial charge in [0.2, 0.25) is 0 Å². The minimum Gasteiger partial charge on any atom is -0.350 e. The summed E-state index contributed by atoms with van der Waals surface area (Å²) in [6.07, 6.45) is 14.1. The van der Waals surface area contributed by atoms with Crippen molar-refractivity contribution in [2.24, 2.45) is 0 Å². The van der Waals surface area contributed by atoms with Crippen LogP contribution in [0.1, 0.15) is 24.0 Å². The van der Waals surface area contributed by atoms with Gasteiger partial charge in [0.15, 0.2) is 0 Å². The van der Waals surface area contributed by atoms with E-state index in [2.05, 4.69) is 36.1 Å². The Morgan fingerprint density at radius 2 is 1.09 bits per heavy atom. The molecule has 2 aromatic carbocycles. The van der Waals surface area contributed by atoms with Crippen molar-refractivity contribution in [3.8, 4) is 24.7 Å². The summed E-state index contributed by atoms with van der Waals surface area (Å²) >= 11 is 0. The third kappa shape index (κ3) is 6.03. The number of hydrogen-bond acceptors (Lipinski definition) is 1. The molecule has 0 N–H and O–H groups in total. The van der Waals surface area contributed by atoms with Crippen LogP contribution in [-0.2, 0) is 17.6 Å². The Bertz CT molecular complexity index is 586. The first-order valence-electron chi connectivity index (χ1n) is 7.97. The van der Waals surface area contributed by atoms with E-state index in [1.807, 2.05) is 36.4 Å². The van der Waals surface area contributed by atoms with E-state index in [4.69, 9.17) is 17.6 Å². The van der Waals surface area contributed by atoms with Gasteiger partial charge in [0.05, 0.1) is 0 Å². The predicted molar refractivity (Wildman–Crippen MR) is 95.9 cm³/mol. The summed E-state index contributed by atoms with van der Waals surface area (Å²) in [7, 11) is 0. The summed E-state index contributed by atoms with van der Waals surface area (Å²) in [4.78, 5) is 0. The van der Waals surface area contributed by atoms with Crippen LogP contribution in [0.25, 0.3) is 0 Å². The van der Waals surface area contributed by atoms with E-state index in [1.54, 1.807) is 0 Å². The van der Waals surface area contributed by atoms with E-state index >= 15 is 0 Å². The molecule has 0 radical (unpaired) electrons. The molecule has 1 nitrogen and oxygen atoms in total. The second kappa shape index (κ2) is 9.52. The predicted octanol–water partition coefficient (Wildman–Crippen LogP) is 4.27. The fourth-order valence-corrected chi connectivity index (χ4v) is 2.46. The van der Waals surface area contributed by atoms with Gasteiger partial charge in [-0.3, -0.25) is 0 Å². The SMILES string of the molecule is C#CC(CCc1ccccc1)OC(C#C)CCc1ccccc1. The van der Waals surface area contributed by atoms with E-state index in [-0.39, 0.29) is 12.2 Å². The lowest BCUT2D eigenvalue weighted by Gasteiger charge is -2.18. The van der Waals surface area contributed by atoms with Crippen molar-refractivity contribution in [1.29, 1.82) is 0 Å². The van der Waals surface area contributed by atoms with Crippen molar-refractivity contribution < 1.29 is 4.74 Å². The first-order chi connectivity index (χ1) is 11.3. The molecule has 0 aliphatic rings. The zero-order valence-corrected chi connectivity index (χ0v) is 13.3. The van der Waals surface area contributed by atoms with Crippen LogP contribution in [0.5, 0.6) is 0 Å². The summed E-state index contributed by atoms with van der Waals surface area (Å²) in [5, 5.41) is 0. The average Bonchev–Trinajstić information content (AvgIpc) is 2.63. The molecule has 0 amide bonds. The molecule has 0 saturated carbocycles. The second-order valence-corrected chi connectivity index (χ2v) is 5.50. The Morgan fingerprint density at radius 1 is 0.696 bits per heavy atom. The van der Waals surface area contributed by atoms with E-state index in [9.17, 15) is 0 Å². The van der Waals surface area contributed by atoms with E-state index in [0.29, 0.717) is 0 Å². The lowest BCUT2D eigenvalue weighted by Crippen LogP contribution is -2.21. The smallest absolute Gasteiger partial charge is 0.119 e. The Balaban J connectivity index is 1.81. The van der Waals surface area contributed by atoms with Crippen molar-refractivity contribution in [2.75, 3.05) is 0 Å². The van der Waals surface area contributed by atoms with Crippen molar-refractivity contribution in [2.45, 2.75) is 37.9 Å². The molecule has 0 aliphatic carbocycles. The third-order valence-electron chi connectivity index (χ3n) is 3.78. The first-order valence-corrected chi connectivity index (χ1v) is 7.97. The van der Waals surface area contributed by atoms with Gasteiger partial charge in [-0.1, -0.05) is 72.5 Å². The standard InChI is InChI=1S/C22H22O/c1-3-21(17-15-19-11-7-5-8-12-19)23-22(4-2)18-16-20-13-9-6-10-14-20/h1-2,5-14,21-22H,15-18H2. The number of hydrogen-bond donors (Lipinski definition) is 0. The minimum absolute atomic E-state index is 0.243. The molecule has 23 heavy (non-hydrogen) atoms. The summed E-state index contributed by atoms with van der Waals surface area (Å²) in [5.41, 5.74) is 2.52. The number of benzene rings is 2. The summed E-state index contributed by atoms with van der Waals surface area (Å²) < 4.78 is 5.92. The van der Waals surface area contributed by atoms with Crippen LogP contribution < -0.4 is 0 Å². The fraction of sp³-hybridized carbons (Fsp3) is 0.273. The molecular formula is C22H22O. The van der Waals surface area contributed by atoms with Gasteiger partial charge < -0.3 is 4.74 Å². The number of aryl methyl sites for hydroxylation is 2. The molecule has 0 aliphatic heterocycles. The van der Waals surface area contributed by atoms with Gasteiger partial charge >= 0.3 is 0 Å². The molecule has 0 heterocycles. The normalized spacial score (nSPS) is 12.8. The van der Waals surface area contributed by atoms with Gasteiger partial charge in [0.25, 0.3) is 0 Å². The topological polar surface area (TPSA) is 9.23 Å². The van der Waals surface area contributed by atoms with Crippen molar-refractivity contribution in [3.05, 3.63) is 71.8 Å². The highest BCUT2D eigenvalue weighted by molar-refractivity contribution is 5.16. The summed E-state index contributed by atoms with van der Waals surface area (Å²) in [6.45, 7) is 0. The molecule has 0 fully saturated rings. The molecule has 0 saturated heterocycles. The minimum atomic E-state index is -0.243. The maximum Gasteiger partial charge on any atom is 0.119 e. The van der Waals surface area contributed by atoms with Crippen LogP contribution in [0, 0.1) is 24.7 Å². The highest BCUT2D eigenvalue weighted by atomic mass is 16.5. The third-order valence-corrected chi connectivity index (χ3v) is 3.78. The first kappa shape index (κ1) is 16.9.